The van der Waals surface area contributed by atoms with Crippen molar-refractivity contribution in [3.63, 3.8) is 0 Å². The predicted octanol–water partition coefficient (Wildman–Crippen LogP) is 5.73. The summed E-state index contributed by atoms with van der Waals surface area (Å²) in [6.45, 7) is 3.79. The Morgan fingerprint density at radius 3 is 2.60 bits per heavy atom. The van der Waals surface area contributed by atoms with Gasteiger partial charge in [0.1, 0.15) is 6.54 Å². The highest BCUT2D eigenvalue weighted by atomic mass is 19.4. The molecule has 1 saturated heterocycles. The maximum absolute atomic E-state index is 13.1. The molecule has 35 heavy (non-hydrogen) atoms. The number of halogens is 3. The number of rotatable bonds is 4. The number of anilines is 1. The van der Waals surface area contributed by atoms with Crippen molar-refractivity contribution in [1.29, 1.82) is 0 Å². The summed E-state index contributed by atoms with van der Waals surface area (Å²) >= 11 is 0. The van der Waals surface area contributed by atoms with Gasteiger partial charge in [-0.25, -0.2) is 0 Å². The van der Waals surface area contributed by atoms with Crippen molar-refractivity contribution in [2.24, 2.45) is 0 Å². The van der Waals surface area contributed by atoms with E-state index < -0.39 is 17.6 Å². The first-order valence-corrected chi connectivity index (χ1v) is 11.9. The molecule has 0 unspecified atom stereocenters. The molecule has 0 aliphatic carbocycles. The number of amides is 2. The molecule has 0 radical (unpaired) electrons. The number of benzene rings is 2. The van der Waals surface area contributed by atoms with E-state index in [0.29, 0.717) is 11.1 Å². The molecule has 182 valence electrons. The van der Waals surface area contributed by atoms with Gasteiger partial charge in [-0.3, -0.25) is 9.59 Å². The van der Waals surface area contributed by atoms with Gasteiger partial charge in [-0.15, -0.1) is 0 Å². The van der Waals surface area contributed by atoms with Crippen LogP contribution in [-0.4, -0.2) is 34.4 Å². The van der Waals surface area contributed by atoms with E-state index >= 15 is 0 Å². The number of fused-ring (bicyclic) bond motifs is 2. The van der Waals surface area contributed by atoms with Crippen LogP contribution in [0.15, 0.2) is 42.6 Å². The van der Waals surface area contributed by atoms with Crippen LogP contribution < -0.4 is 5.32 Å². The molecule has 3 heterocycles. The minimum absolute atomic E-state index is 0.0651. The van der Waals surface area contributed by atoms with Gasteiger partial charge in [0.05, 0.1) is 11.1 Å². The molecule has 0 bridgehead atoms. The Kier molecular flexibility index (Phi) is 5.91. The summed E-state index contributed by atoms with van der Waals surface area (Å²) < 4.78 is 41.3. The van der Waals surface area contributed by atoms with Gasteiger partial charge < -0.3 is 14.8 Å². The first-order valence-electron chi connectivity index (χ1n) is 11.9. The second-order valence-corrected chi connectivity index (χ2v) is 9.09. The molecular formula is C27H26F3N3O2. The van der Waals surface area contributed by atoms with Crippen molar-refractivity contribution in [3.8, 4) is 0 Å². The second-order valence-electron chi connectivity index (χ2n) is 9.09. The van der Waals surface area contributed by atoms with Crippen LogP contribution >= 0.6 is 0 Å². The van der Waals surface area contributed by atoms with Crippen molar-refractivity contribution in [2.75, 3.05) is 18.4 Å². The van der Waals surface area contributed by atoms with Crippen LogP contribution in [0, 0.1) is 0 Å². The van der Waals surface area contributed by atoms with E-state index in [0.717, 1.165) is 72.9 Å². The number of piperidine rings is 1. The lowest BCUT2D eigenvalue weighted by atomic mass is 10.0. The van der Waals surface area contributed by atoms with Gasteiger partial charge in [-0.1, -0.05) is 31.2 Å². The van der Waals surface area contributed by atoms with Gasteiger partial charge in [0, 0.05) is 47.1 Å². The number of aromatic nitrogens is 1. The quantitative estimate of drug-likeness (QED) is 0.484. The highest BCUT2D eigenvalue weighted by Crippen LogP contribution is 2.39. The Balaban J connectivity index is 1.56. The van der Waals surface area contributed by atoms with Crippen LogP contribution in [0.5, 0.6) is 0 Å². The molecule has 0 atom stereocenters. The summed E-state index contributed by atoms with van der Waals surface area (Å²) in [4.78, 5) is 27.6. The zero-order chi connectivity index (χ0) is 24.7. The first kappa shape index (κ1) is 23.2. The van der Waals surface area contributed by atoms with Crippen LogP contribution in [0.4, 0.5) is 18.9 Å². The molecule has 2 amide bonds. The summed E-state index contributed by atoms with van der Waals surface area (Å²) in [5.41, 5.74) is 2.85. The number of likely N-dealkylation sites (tertiary alicyclic amines) is 1. The van der Waals surface area contributed by atoms with E-state index in [1.807, 2.05) is 33.9 Å². The van der Waals surface area contributed by atoms with Crippen LogP contribution in [0.25, 0.3) is 22.6 Å². The number of carbonyl (C=O) groups excluding carboxylic acids is 2. The molecule has 5 rings (SSSR count). The largest absolute Gasteiger partial charge is 0.416 e. The average molecular weight is 482 g/mol. The number of hydrogen-bond acceptors (Lipinski definition) is 2. The molecule has 8 heteroatoms. The molecule has 0 saturated carbocycles. The third-order valence-corrected chi connectivity index (χ3v) is 6.84. The summed E-state index contributed by atoms with van der Waals surface area (Å²) in [5.74, 6) is -0.383. The molecule has 0 spiro atoms. The SMILES string of the molecule is CCc1cccc2c(/C=C3/C(=O)Nc4cc(C(F)(F)F)ccc43)cn(CC(=O)N3CCCCC3)c12. The van der Waals surface area contributed by atoms with Gasteiger partial charge in [0.2, 0.25) is 5.91 Å². The van der Waals surface area contributed by atoms with E-state index in [-0.39, 0.29) is 18.1 Å². The van der Waals surface area contributed by atoms with Crippen molar-refractivity contribution in [1.82, 2.24) is 9.47 Å². The van der Waals surface area contributed by atoms with Gasteiger partial charge in [0.15, 0.2) is 0 Å². The number of nitrogens with one attached hydrogen (secondary N) is 1. The lowest BCUT2D eigenvalue weighted by Gasteiger charge is -2.27. The molecular weight excluding hydrogens is 455 g/mol. The molecule has 2 aliphatic heterocycles. The summed E-state index contributed by atoms with van der Waals surface area (Å²) in [5, 5.41) is 3.46. The Morgan fingerprint density at radius 2 is 1.89 bits per heavy atom. The smallest absolute Gasteiger partial charge is 0.341 e. The van der Waals surface area contributed by atoms with Gasteiger partial charge >= 0.3 is 6.18 Å². The van der Waals surface area contributed by atoms with E-state index in [4.69, 9.17) is 0 Å². The third-order valence-electron chi connectivity index (χ3n) is 6.84. The maximum atomic E-state index is 13.1. The summed E-state index contributed by atoms with van der Waals surface area (Å²) in [7, 11) is 0. The minimum atomic E-state index is -4.49. The van der Waals surface area contributed by atoms with Crippen LogP contribution in [0.1, 0.15) is 48.4 Å². The number of hydrogen-bond donors (Lipinski definition) is 1. The van der Waals surface area contributed by atoms with E-state index in [2.05, 4.69) is 12.2 Å². The number of aryl methyl sites for hydroxylation is 1. The van der Waals surface area contributed by atoms with Gasteiger partial charge in [-0.2, -0.15) is 13.2 Å². The highest BCUT2D eigenvalue weighted by molar-refractivity contribution is 6.35. The Labute approximate surface area is 201 Å². The van der Waals surface area contributed by atoms with Gasteiger partial charge in [-0.05, 0) is 49.5 Å². The molecule has 2 aromatic carbocycles. The third kappa shape index (κ3) is 4.33. The Hall–Kier alpha value is -3.55. The second kappa shape index (κ2) is 8.91. The topological polar surface area (TPSA) is 54.3 Å². The maximum Gasteiger partial charge on any atom is 0.416 e. The monoisotopic (exact) mass is 481 g/mol. The summed E-state index contributed by atoms with van der Waals surface area (Å²) in [6, 6.07) is 9.20. The van der Waals surface area contributed by atoms with Crippen LogP contribution in [0.3, 0.4) is 0 Å². The number of nitrogens with zero attached hydrogens (tertiary/aromatic N) is 2. The normalized spacial score (nSPS) is 17.2. The lowest BCUT2D eigenvalue weighted by Crippen LogP contribution is -2.37. The first-order chi connectivity index (χ1) is 16.8. The van der Waals surface area contributed by atoms with Gasteiger partial charge in [0.25, 0.3) is 5.91 Å². The summed E-state index contributed by atoms with van der Waals surface area (Å²) in [6.07, 6.45) is 3.03. The molecule has 3 aromatic rings. The minimum Gasteiger partial charge on any atom is -0.341 e. The Bertz CT molecular complexity index is 1350. The highest BCUT2D eigenvalue weighted by Gasteiger charge is 2.33. The van der Waals surface area contributed by atoms with Crippen LogP contribution in [-0.2, 0) is 28.7 Å². The molecule has 2 aliphatic rings. The fraction of sp³-hybridized carbons (Fsp3) is 0.333. The molecule has 1 aromatic heterocycles. The number of alkyl halides is 3. The number of carbonyl (C=O) groups is 2. The van der Waals surface area contributed by atoms with Crippen molar-refractivity contribution in [2.45, 2.75) is 45.3 Å². The van der Waals surface area contributed by atoms with E-state index in [1.165, 1.54) is 6.07 Å². The number of para-hydroxylation sites is 1. The molecule has 1 fully saturated rings. The van der Waals surface area contributed by atoms with Crippen molar-refractivity contribution in [3.05, 3.63) is 64.8 Å². The molecule has 5 nitrogen and oxygen atoms in total. The fourth-order valence-corrected chi connectivity index (χ4v) is 5.05. The zero-order valence-electron chi connectivity index (χ0n) is 19.4. The van der Waals surface area contributed by atoms with Crippen molar-refractivity contribution < 1.29 is 22.8 Å². The van der Waals surface area contributed by atoms with Crippen LogP contribution in [0.2, 0.25) is 0 Å². The molecule has 1 N–H and O–H groups in total. The van der Waals surface area contributed by atoms with Crippen molar-refractivity contribution >= 4 is 40.1 Å². The van der Waals surface area contributed by atoms with E-state index in [9.17, 15) is 22.8 Å². The fourth-order valence-electron chi connectivity index (χ4n) is 5.05. The zero-order valence-corrected chi connectivity index (χ0v) is 19.4. The predicted molar refractivity (Wildman–Crippen MR) is 130 cm³/mol. The Morgan fingerprint density at radius 1 is 1.11 bits per heavy atom. The standard InChI is InChI=1S/C27H26F3N3O2/c1-2-17-7-6-8-20-18(15-33(25(17)20)16-24(34)32-11-4-3-5-12-32)13-22-21-10-9-19(27(28,29)30)14-23(21)31-26(22)35/h6-10,13-15H,2-5,11-12,16H2,1H3,(H,31,35)/b22-13+. The lowest BCUT2D eigenvalue weighted by molar-refractivity contribution is -0.137. The average Bonchev–Trinajstić information content (AvgIpc) is 3.35. The van der Waals surface area contributed by atoms with E-state index in [1.54, 1.807) is 6.08 Å².